The number of halogens is 1. The second-order valence-corrected chi connectivity index (χ2v) is 2.38. The zero-order chi connectivity index (χ0) is 8.97. The van der Waals surface area contributed by atoms with Crippen LogP contribution >= 0.6 is 0 Å². The van der Waals surface area contributed by atoms with Gasteiger partial charge in [0.25, 0.3) is 0 Å². The molecular formula is C10H9FO. The van der Waals surface area contributed by atoms with Crippen LogP contribution in [0, 0.1) is 0 Å². The van der Waals surface area contributed by atoms with Crippen LogP contribution in [0.2, 0.25) is 0 Å². The summed E-state index contributed by atoms with van der Waals surface area (Å²) in [5.74, 6) is 0. The molecule has 0 aliphatic carbocycles. The Morgan fingerprint density at radius 1 is 1.42 bits per heavy atom. The minimum atomic E-state index is -1.26. The molecule has 0 aliphatic heterocycles. The average Bonchev–Trinajstić information content (AvgIpc) is 2.16. The fourth-order valence-electron chi connectivity index (χ4n) is 0.996. The fourth-order valence-corrected chi connectivity index (χ4v) is 0.996. The van der Waals surface area contributed by atoms with Crippen molar-refractivity contribution in [3.05, 3.63) is 48.0 Å². The van der Waals surface area contributed by atoms with Gasteiger partial charge in [-0.3, -0.25) is 4.79 Å². The molecule has 0 aliphatic rings. The smallest absolute Gasteiger partial charge is 0.150 e. The van der Waals surface area contributed by atoms with Crippen molar-refractivity contribution in [3.63, 3.8) is 0 Å². The van der Waals surface area contributed by atoms with Gasteiger partial charge in [-0.2, -0.15) is 0 Å². The Labute approximate surface area is 70.5 Å². The van der Waals surface area contributed by atoms with Crippen LogP contribution in [0.4, 0.5) is 4.39 Å². The van der Waals surface area contributed by atoms with E-state index >= 15 is 0 Å². The average molecular weight is 164 g/mol. The number of alkyl halides is 1. The third kappa shape index (κ3) is 1.59. The minimum Gasteiger partial charge on any atom is -0.298 e. The highest BCUT2D eigenvalue weighted by Crippen LogP contribution is 2.20. The highest BCUT2D eigenvalue weighted by atomic mass is 19.1. The summed E-state index contributed by atoms with van der Waals surface area (Å²) < 4.78 is 13.0. The van der Waals surface area contributed by atoms with Gasteiger partial charge in [-0.25, -0.2) is 4.39 Å². The van der Waals surface area contributed by atoms with E-state index in [1.807, 2.05) is 0 Å². The zero-order valence-corrected chi connectivity index (χ0v) is 6.53. The SMILES string of the molecule is C=CC(F)c1ccccc1C=O. The summed E-state index contributed by atoms with van der Waals surface area (Å²) in [4.78, 5) is 10.4. The maximum Gasteiger partial charge on any atom is 0.150 e. The van der Waals surface area contributed by atoms with E-state index in [2.05, 4.69) is 6.58 Å². The van der Waals surface area contributed by atoms with Crippen LogP contribution in [0.5, 0.6) is 0 Å². The van der Waals surface area contributed by atoms with E-state index in [0.717, 1.165) is 0 Å². The Bertz CT molecular complexity index is 294. The van der Waals surface area contributed by atoms with E-state index < -0.39 is 6.17 Å². The van der Waals surface area contributed by atoms with Crippen LogP contribution in [-0.2, 0) is 0 Å². The number of hydrogen-bond donors (Lipinski definition) is 0. The largest absolute Gasteiger partial charge is 0.298 e. The number of rotatable bonds is 3. The molecule has 0 aromatic heterocycles. The van der Waals surface area contributed by atoms with Gasteiger partial charge in [0.1, 0.15) is 12.5 Å². The van der Waals surface area contributed by atoms with Crippen molar-refractivity contribution in [2.75, 3.05) is 0 Å². The molecule has 1 aromatic rings. The number of carbonyl (C=O) groups is 1. The Balaban J connectivity index is 3.12. The second-order valence-electron chi connectivity index (χ2n) is 2.38. The van der Waals surface area contributed by atoms with Crippen LogP contribution in [0.3, 0.4) is 0 Å². The van der Waals surface area contributed by atoms with Gasteiger partial charge in [0.15, 0.2) is 0 Å². The molecule has 0 amide bonds. The molecule has 1 unspecified atom stereocenters. The Morgan fingerprint density at radius 2 is 2.08 bits per heavy atom. The lowest BCUT2D eigenvalue weighted by molar-refractivity contribution is 0.112. The highest BCUT2D eigenvalue weighted by Gasteiger charge is 2.08. The van der Waals surface area contributed by atoms with Crippen molar-refractivity contribution in [3.8, 4) is 0 Å². The quantitative estimate of drug-likeness (QED) is 0.496. The van der Waals surface area contributed by atoms with Crippen molar-refractivity contribution in [1.29, 1.82) is 0 Å². The van der Waals surface area contributed by atoms with Gasteiger partial charge >= 0.3 is 0 Å². The van der Waals surface area contributed by atoms with Crippen molar-refractivity contribution >= 4 is 6.29 Å². The molecule has 12 heavy (non-hydrogen) atoms. The first-order chi connectivity index (χ1) is 5.79. The first kappa shape index (κ1) is 8.65. The molecule has 0 bridgehead atoms. The molecule has 1 rings (SSSR count). The first-order valence-electron chi connectivity index (χ1n) is 3.60. The number of allylic oxidation sites excluding steroid dienone is 1. The molecule has 0 heterocycles. The van der Waals surface area contributed by atoms with Crippen LogP contribution in [0.25, 0.3) is 0 Å². The van der Waals surface area contributed by atoms with Gasteiger partial charge in [0.2, 0.25) is 0 Å². The molecule has 62 valence electrons. The topological polar surface area (TPSA) is 17.1 Å². The molecule has 1 nitrogen and oxygen atoms in total. The van der Waals surface area contributed by atoms with Gasteiger partial charge in [0.05, 0.1) is 0 Å². The molecular weight excluding hydrogens is 155 g/mol. The summed E-state index contributed by atoms with van der Waals surface area (Å²) in [5, 5.41) is 0. The van der Waals surface area contributed by atoms with Crippen LogP contribution in [0.1, 0.15) is 22.1 Å². The number of benzene rings is 1. The van der Waals surface area contributed by atoms with Crippen molar-refractivity contribution in [1.82, 2.24) is 0 Å². The molecule has 0 N–H and O–H groups in total. The monoisotopic (exact) mass is 164 g/mol. The van der Waals surface area contributed by atoms with Crippen molar-refractivity contribution in [2.24, 2.45) is 0 Å². The molecule has 0 spiro atoms. The van der Waals surface area contributed by atoms with Gasteiger partial charge in [-0.1, -0.05) is 36.9 Å². The molecule has 0 fully saturated rings. The summed E-state index contributed by atoms with van der Waals surface area (Å²) in [7, 11) is 0. The van der Waals surface area contributed by atoms with Gasteiger partial charge in [0, 0.05) is 11.1 Å². The summed E-state index contributed by atoms with van der Waals surface area (Å²) in [6, 6.07) is 6.55. The number of aldehydes is 1. The highest BCUT2D eigenvalue weighted by molar-refractivity contribution is 5.77. The van der Waals surface area contributed by atoms with Crippen LogP contribution < -0.4 is 0 Å². The maximum atomic E-state index is 13.0. The molecule has 0 saturated heterocycles. The van der Waals surface area contributed by atoms with E-state index in [9.17, 15) is 9.18 Å². The third-order valence-electron chi connectivity index (χ3n) is 1.63. The Kier molecular flexibility index (Phi) is 2.75. The lowest BCUT2D eigenvalue weighted by Gasteiger charge is -2.04. The zero-order valence-electron chi connectivity index (χ0n) is 6.53. The van der Waals surface area contributed by atoms with E-state index in [1.54, 1.807) is 24.3 Å². The van der Waals surface area contributed by atoms with Gasteiger partial charge in [-0.05, 0) is 0 Å². The third-order valence-corrected chi connectivity index (χ3v) is 1.63. The summed E-state index contributed by atoms with van der Waals surface area (Å²) in [6.45, 7) is 3.32. The lowest BCUT2D eigenvalue weighted by atomic mass is 10.0. The first-order valence-corrected chi connectivity index (χ1v) is 3.60. The Morgan fingerprint density at radius 3 is 2.67 bits per heavy atom. The maximum absolute atomic E-state index is 13.0. The molecule has 2 heteroatoms. The number of carbonyl (C=O) groups excluding carboxylic acids is 1. The lowest BCUT2D eigenvalue weighted by Crippen LogP contribution is -1.93. The predicted octanol–water partition coefficient (Wildman–Crippen LogP) is 2.70. The van der Waals surface area contributed by atoms with E-state index in [0.29, 0.717) is 17.4 Å². The van der Waals surface area contributed by atoms with Crippen molar-refractivity contribution < 1.29 is 9.18 Å². The van der Waals surface area contributed by atoms with E-state index in [4.69, 9.17) is 0 Å². The Hall–Kier alpha value is -1.44. The van der Waals surface area contributed by atoms with Gasteiger partial charge < -0.3 is 0 Å². The fraction of sp³-hybridized carbons (Fsp3) is 0.100. The van der Waals surface area contributed by atoms with Crippen LogP contribution in [0.15, 0.2) is 36.9 Å². The minimum absolute atomic E-state index is 0.377. The van der Waals surface area contributed by atoms with E-state index in [1.165, 1.54) is 6.08 Å². The number of hydrogen-bond acceptors (Lipinski definition) is 1. The van der Waals surface area contributed by atoms with Crippen molar-refractivity contribution in [2.45, 2.75) is 6.17 Å². The van der Waals surface area contributed by atoms with E-state index in [-0.39, 0.29) is 0 Å². The molecule has 1 aromatic carbocycles. The predicted molar refractivity (Wildman–Crippen MR) is 45.9 cm³/mol. The molecule has 0 radical (unpaired) electrons. The van der Waals surface area contributed by atoms with Crippen LogP contribution in [-0.4, -0.2) is 6.29 Å². The summed E-state index contributed by atoms with van der Waals surface area (Å²) >= 11 is 0. The molecule has 1 atom stereocenters. The molecule has 0 saturated carbocycles. The summed E-state index contributed by atoms with van der Waals surface area (Å²) in [6.07, 6.45) is 0.555. The second kappa shape index (κ2) is 3.81. The summed E-state index contributed by atoms with van der Waals surface area (Å²) in [5.41, 5.74) is 0.757. The standard InChI is InChI=1S/C10H9FO/c1-2-10(11)9-6-4-3-5-8(9)7-12/h2-7,10H,1H2. The van der Waals surface area contributed by atoms with Gasteiger partial charge in [-0.15, -0.1) is 0 Å². The normalized spacial score (nSPS) is 12.1.